The lowest BCUT2D eigenvalue weighted by molar-refractivity contribution is 0.409. The molecule has 5 atom stereocenters. The minimum absolute atomic E-state index is 0.406. The number of fused-ring (bicyclic) bond motifs is 5. The van der Waals surface area contributed by atoms with E-state index in [9.17, 15) is 0 Å². The normalized spacial score (nSPS) is 41.8. The summed E-state index contributed by atoms with van der Waals surface area (Å²) in [7, 11) is 0. The van der Waals surface area contributed by atoms with E-state index in [0.29, 0.717) is 6.04 Å². The van der Waals surface area contributed by atoms with Crippen LogP contribution in [0.3, 0.4) is 0 Å². The molecule has 3 aliphatic carbocycles. The van der Waals surface area contributed by atoms with Gasteiger partial charge < -0.3 is 5.73 Å². The minimum atomic E-state index is 0.406. The van der Waals surface area contributed by atoms with Gasteiger partial charge in [-0.3, -0.25) is 0 Å². The van der Waals surface area contributed by atoms with E-state index >= 15 is 0 Å². The Bertz CT molecular complexity index is 439. The first-order valence-electron chi connectivity index (χ1n) is 7.24. The Kier molecular flexibility index (Phi) is 2.74. The molecular weight excluding hydrogens is 333 g/mol. The molecule has 1 nitrogen and oxygen atoms in total. The van der Waals surface area contributed by atoms with Crippen molar-refractivity contribution in [3.05, 3.63) is 33.4 Å². The molecule has 2 bridgehead atoms. The van der Waals surface area contributed by atoms with Crippen molar-refractivity contribution in [2.24, 2.45) is 35.3 Å². The maximum atomic E-state index is 6.49. The van der Waals surface area contributed by atoms with Crippen LogP contribution >= 0.6 is 22.6 Å². The number of hydrogen-bond acceptors (Lipinski definition) is 1. The summed E-state index contributed by atoms with van der Waals surface area (Å²) in [5.74, 6) is 4.99. The van der Waals surface area contributed by atoms with Gasteiger partial charge in [-0.15, -0.1) is 0 Å². The van der Waals surface area contributed by atoms with Crippen LogP contribution in [0, 0.1) is 33.2 Å². The predicted molar refractivity (Wildman–Crippen MR) is 82.1 cm³/mol. The van der Waals surface area contributed by atoms with E-state index in [2.05, 4.69) is 46.9 Å². The maximum absolute atomic E-state index is 6.49. The molecule has 2 heteroatoms. The third-order valence-corrected chi connectivity index (χ3v) is 6.39. The van der Waals surface area contributed by atoms with Crippen molar-refractivity contribution in [3.8, 4) is 0 Å². The molecule has 3 fully saturated rings. The summed E-state index contributed by atoms with van der Waals surface area (Å²) >= 11 is 2.36. The molecule has 1 aromatic carbocycles. The van der Waals surface area contributed by atoms with Crippen molar-refractivity contribution >= 4 is 22.6 Å². The maximum Gasteiger partial charge on any atom is 0.0130 e. The SMILES string of the molecule is NC(Cc1ccc(I)cc1)C1C2C3CCC(C3)C12. The molecule has 0 radical (unpaired) electrons. The van der Waals surface area contributed by atoms with E-state index in [0.717, 1.165) is 36.0 Å². The Morgan fingerprint density at radius 1 is 1.11 bits per heavy atom. The largest absolute Gasteiger partial charge is 0.327 e. The van der Waals surface area contributed by atoms with Crippen LogP contribution in [-0.4, -0.2) is 6.04 Å². The highest BCUT2D eigenvalue weighted by Crippen LogP contribution is 2.70. The average molecular weight is 353 g/mol. The van der Waals surface area contributed by atoms with Crippen molar-refractivity contribution in [1.82, 2.24) is 0 Å². The molecular formula is C16H20IN. The van der Waals surface area contributed by atoms with Gasteiger partial charge in [0.2, 0.25) is 0 Å². The first-order valence-corrected chi connectivity index (χ1v) is 8.32. The first-order chi connectivity index (χ1) is 8.74. The van der Waals surface area contributed by atoms with Crippen molar-refractivity contribution in [2.75, 3.05) is 0 Å². The van der Waals surface area contributed by atoms with Crippen molar-refractivity contribution < 1.29 is 0 Å². The fourth-order valence-corrected chi connectivity index (χ4v) is 5.35. The predicted octanol–water partition coefficient (Wildman–Crippen LogP) is 3.45. The average Bonchev–Trinajstić information content (AvgIpc) is 2.82. The van der Waals surface area contributed by atoms with Gasteiger partial charge in [0.25, 0.3) is 0 Å². The molecule has 5 unspecified atom stereocenters. The lowest BCUT2D eigenvalue weighted by Gasteiger charge is -2.16. The molecule has 0 aliphatic heterocycles. The van der Waals surface area contributed by atoms with Gasteiger partial charge in [-0.25, -0.2) is 0 Å². The van der Waals surface area contributed by atoms with E-state index in [-0.39, 0.29) is 0 Å². The third kappa shape index (κ3) is 1.75. The number of hydrogen-bond donors (Lipinski definition) is 1. The second kappa shape index (κ2) is 4.20. The van der Waals surface area contributed by atoms with Crippen molar-refractivity contribution in [1.29, 1.82) is 0 Å². The van der Waals surface area contributed by atoms with E-state index in [1.807, 2.05) is 0 Å². The minimum Gasteiger partial charge on any atom is -0.327 e. The topological polar surface area (TPSA) is 26.0 Å². The van der Waals surface area contributed by atoms with Gasteiger partial charge in [-0.2, -0.15) is 0 Å². The van der Waals surface area contributed by atoms with Gasteiger partial charge in [0.1, 0.15) is 0 Å². The zero-order chi connectivity index (χ0) is 12.3. The Hall–Kier alpha value is -0.0900. The van der Waals surface area contributed by atoms with E-state index < -0.39 is 0 Å². The zero-order valence-corrected chi connectivity index (χ0v) is 12.7. The van der Waals surface area contributed by atoms with Crippen LogP contribution in [0.5, 0.6) is 0 Å². The highest BCUT2D eigenvalue weighted by molar-refractivity contribution is 14.1. The molecule has 0 heterocycles. The van der Waals surface area contributed by atoms with Crippen LogP contribution in [0.2, 0.25) is 0 Å². The van der Waals surface area contributed by atoms with Gasteiger partial charge in [-0.05, 0) is 95.6 Å². The summed E-state index contributed by atoms with van der Waals surface area (Å²) < 4.78 is 1.31. The van der Waals surface area contributed by atoms with Crippen LogP contribution in [0.1, 0.15) is 24.8 Å². The number of nitrogens with two attached hydrogens (primary N) is 1. The molecule has 3 saturated carbocycles. The van der Waals surface area contributed by atoms with Crippen LogP contribution in [0.4, 0.5) is 0 Å². The Morgan fingerprint density at radius 2 is 1.72 bits per heavy atom. The molecule has 3 aliphatic rings. The summed E-state index contributed by atoms with van der Waals surface area (Å²) in [4.78, 5) is 0. The van der Waals surface area contributed by atoms with Gasteiger partial charge in [0, 0.05) is 9.61 Å². The summed E-state index contributed by atoms with van der Waals surface area (Å²) in [6.45, 7) is 0. The molecule has 96 valence electrons. The van der Waals surface area contributed by atoms with Gasteiger partial charge in [0.15, 0.2) is 0 Å². The molecule has 0 saturated heterocycles. The Morgan fingerprint density at radius 3 is 2.33 bits per heavy atom. The smallest absolute Gasteiger partial charge is 0.0130 e. The second-order valence-corrected chi connectivity index (χ2v) is 7.81. The number of halogens is 1. The molecule has 0 spiro atoms. The fourth-order valence-electron chi connectivity index (χ4n) is 4.99. The van der Waals surface area contributed by atoms with Gasteiger partial charge >= 0.3 is 0 Å². The molecule has 1 aromatic rings. The van der Waals surface area contributed by atoms with Crippen molar-refractivity contribution in [3.63, 3.8) is 0 Å². The summed E-state index contributed by atoms with van der Waals surface area (Å²) in [5, 5.41) is 0. The molecule has 4 rings (SSSR count). The molecule has 0 amide bonds. The highest BCUT2D eigenvalue weighted by atomic mass is 127. The quantitative estimate of drug-likeness (QED) is 0.828. The van der Waals surface area contributed by atoms with Gasteiger partial charge in [-0.1, -0.05) is 12.1 Å². The fraction of sp³-hybridized carbons (Fsp3) is 0.625. The highest BCUT2D eigenvalue weighted by Gasteiger charge is 2.65. The standard InChI is InChI=1S/C16H20IN/c17-12-5-1-9(2-6-12)7-13(18)16-14-10-3-4-11(8-10)15(14)16/h1-2,5-6,10-11,13-16H,3-4,7-8,18H2. The molecule has 0 aromatic heterocycles. The molecule has 2 N–H and O–H groups in total. The van der Waals surface area contributed by atoms with Crippen LogP contribution in [-0.2, 0) is 6.42 Å². The summed E-state index contributed by atoms with van der Waals surface area (Å²) in [6.07, 6.45) is 5.60. The van der Waals surface area contributed by atoms with E-state index in [1.165, 1.54) is 28.4 Å². The van der Waals surface area contributed by atoms with E-state index in [4.69, 9.17) is 5.73 Å². The monoisotopic (exact) mass is 353 g/mol. The van der Waals surface area contributed by atoms with Crippen LogP contribution in [0.15, 0.2) is 24.3 Å². The van der Waals surface area contributed by atoms with Crippen LogP contribution < -0.4 is 5.73 Å². The van der Waals surface area contributed by atoms with Crippen LogP contribution in [0.25, 0.3) is 0 Å². The van der Waals surface area contributed by atoms with Crippen molar-refractivity contribution in [2.45, 2.75) is 31.7 Å². The number of rotatable bonds is 3. The van der Waals surface area contributed by atoms with E-state index in [1.54, 1.807) is 0 Å². The van der Waals surface area contributed by atoms with Gasteiger partial charge in [0.05, 0.1) is 0 Å². The molecule has 18 heavy (non-hydrogen) atoms. The third-order valence-electron chi connectivity index (χ3n) is 5.67. The first kappa shape index (κ1) is 11.7. The summed E-state index contributed by atoms with van der Waals surface area (Å²) in [5.41, 5.74) is 7.91. The lowest BCUT2D eigenvalue weighted by atomic mass is 9.94. The lowest BCUT2D eigenvalue weighted by Crippen LogP contribution is -2.28. The zero-order valence-electron chi connectivity index (χ0n) is 10.6. The Balaban J connectivity index is 1.43. The number of benzene rings is 1. The second-order valence-electron chi connectivity index (χ2n) is 6.56. The summed E-state index contributed by atoms with van der Waals surface area (Å²) in [6, 6.07) is 9.28. The Labute approximate surface area is 123 Å².